The van der Waals surface area contributed by atoms with E-state index in [9.17, 15) is 13.2 Å². The average molecular weight is 251 g/mol. The normalized spacial score (nSPS) is 12.5. The van der Waals surface area contributed by atoms with Gasteiger partial charge in [0.25, 0.3) is 0 Å². The first-order valence-corrected chi connectivity index (χ1v) is 7.09. The molecular weight excluding hydrogens is 230 g/mol. The Balaban J connectivity index is 3.76. The van der Waals surface area contributed by atoms with Crippen molar-refractivity contribution >= 4 is 15.7 Å². The molecule has 0 aromatic heterocycles. The van der Waals surface area contributed by atoms with Crippen molar-refractivity contribution in [2.24, 2.45) is 0 Å². The maximum absolute atomic E-state index is 11.2. The highest BCUT2D eigenvalue weighted by atomic mass is 32.2. The van der Waals surface area contributed by atoms with Crippen LogP contribution in [0.15, 0.2) is 0 Å². The van der Waals surface area contributed by atoms with Gasteiger partial charge in [-0.1, -0.05) is 6.92 Å². The van der Waals surface area contributed by atoms with Crippen LogP contribution in [0.2, 0.25) is 0 Å². The van der Waals surface area contributed by atoms with Crippen molar-refractivity contribution in [3.05, 3.63) is 0 Å². The molecular formula is C10H21NO4S. The zero-order valence-electron chi connectivity index (χ0n) is 10.4. The molecule has 0 aliphatic heterocycles. The molecule has 5 nitrogen and oxygen atoms in total. The minimum Gasteiger partial charge on any atom is -0.366 e. The van der Waals surface area contributed by atoms with Crippen LogP contribution >= 0.6 is 0 Å². The molecule has 0 aromatic carbocycles. The molecule has 0 spiro atoms. The maximum Gasteiger partial charge on any atom is 0.246 e. The van der Waals surface area contributed by atoms with Crippen molar-refractivity contribution < 1.29 is 17.9 Å². The average Bonchev–Trinajstić information content (AvgIpc) is 2.13. The second-order valence-corrected chi connectivity index (χ2v) is 6.96. The fourth-order valence-electron chi connectivity index (χ4n) is 0.823. The Morgan fingerprint density at radius 3 is 2.31 bits per heavy atom. The van der Waals surface area contributed by atoms with Gasteiger partial charge in [0.05, 0.1) is 11.4 Å². The molecule has 1 N–H and O–H groups in total. The molecule has 0 unspecified atom stereocenters. The summed E-state index contributed by atoms with van der Waals surface area (Å²) in [5, 5.41) is 2.50. The highest BCUT2D eigenvalue weighted by molar-refractivity contribution is 7.91. The molecule has 0 radical (unpaired) electrons. The minimum atomic E-state index is -3.01. The van der Waals surface area contributed by atoms with E-state index in [2.05, 4.69) is 5.32 Å². The van der Waals surface area contributed by atoms with Gasteiger partial charge in [-0.05, 0) is 20.8 Å². The van der Waals surface area contributed by atoms with Crippen LogP contribution in [0, 0.1) is 0 Å². The lowest BCUT2D eigenvalue weighted by molar-refractivity contribution is -0.130. The summed E-state index contributed by atoms with van der Waals surface area (Å²) in [4.78, 5) is 11.2. The Morgan fingerprint density at radius 1 is 1.31 bits per heavy atom. The number of nitrogens with one attached hydrogen (secondary N) is 1. The molecule has 0 rings (SSSR count). The molecule has 1 amide bonds. The molecule has 6 heteroatoms. The van der Waals surface area contributed by atoms with Gasteiger partial charge in [0, 0.05) is 12.3 Å². The summed E-state index contributed by atoms with van der Waals surface area (Å²) in [6, 6.07) is 0. The molecule has 0 bridgehead atoms. The van der Waals surface area contributed by atoms with E-state index in [0.29, 0.717) is 0 Å². The van der Waals surface area contributed by atoms with Crippen LogP contribution in [0.3, 0.4) is 0 Å². The van der Waals surface area contributed by atoms with Gasteiger partial charge in [-0.3, -0.25) is 4.79 Å². The Morgan fingerprint density at radius 2 is 1.88 bits per heavy atom. The number of amides is 1. The summed E-state index contributed by atoms with van der Waals surface area (Å²) in [6.45, 7) is 7.23. The first-order chi connectivity index (χ1) is 7.16. The highest BCUT2D eigenvalue weighted by Crippen LogP contribution is 2.05. The van der Waals surface area contributed by atoms with E-state index in [-0.39, 0.29) is 36.2 Å². The van der Waals surface area contributed by atoms with E-state index in [4.69, 9.17) is 4.74 Å². The van der Waals surface area contributed by atoms with Crippen LogP contribution in [-0.4, -0.2) is 44.6 Å². The lowest BCUT2D eigenvalue weighted by atomic mass is 10.2. The summed E-state index contributed by atoms with van der Waals surface area (Å²) in [7, 11) is -3.01. The topological polar surface area (TPSA) is 72.5 Å². The zero-order chi connectivity index (χ0) is 12.8. The van der Waals surface area contributed by atoms with Gasteiger partial charge in [0.1, 0.15) is 6.61 Å². The third-order valence-electron chi connectivity index (χ3n) is 1.81. The molecule has 0 heterocycles. The third kappa shape index (κ3) is 8.67. The smallest absolute Gasteiger partial charge is 0.246 e. The Hall–Kier alpha value is -0.620. The summed E-state index contributed by atoms with van der Waals surface area (Å²) in [6.07, 6.45) is 0. The standard InChI is InChI=1S/C10H21NO4S/c1-5-16(13,14)7-6-11-9(12)8-15-10(2,3)4/h5-8H2,1-4H3,(H,11,12). The van der Waals surface area contributed by atoms with E-state index in [1.54, 1.807) is 6.92 Å². The summed E-state index contributed by atoms with van der Waals surface area (Å²) in [5.74, 6) is -0.215. The predicted octanol–water partition coefficient (Wildman–Crippen LogP) is 0.352. The monoisotopic (exact) mass is 251 g/mol. The maximum atomic E-state index is 11.2. The van der Waals surface area contributed by atoms with Crippen LogP contribution in [-0.2, 0) is 19.4 Å². The van der Waals surface area contributed by atoms with E-state index >= 15 is 0 Å². The second kappa shape index (κ2) is 6.20. The quantitative estimate of drug-likeness (QED) is 0.739. The number of ether oxygens (including phenoxy) is 1. The van der Waals surface area contributed by atoms with Crippen LogP contribution in [0.1, 0.15) is 27.7 Å². The molecule has 0 aliphatic rings. The van der Waals surface area contributed by atoms with Gasteiger partial charge in [-0.2, -0.15) is 0 Å². The fraction of sp³-hybridized carbons (Fsp3) is 0.900. The van der Waals surface area contributed by atoms with E-state index in [0.717, 1.165) is 0 Å². The number of sulfone groups is 1. The summed E-state index contributed by atoms with van der Waals surface area (Å²) < 4.78 is 27.5. The van der Waals surface area contributed by atoms with Crippen LogP contribution in [0.4, 0.5) is 0 Å². The Labute approximate surface area is 97.5 Å². The SMILES string of the molecule is CCS(=O)(=O)CCNC(=O)COC(C)(C)C. The van der Waals surface area contributed by atoms with Crippen molar-refractivity contribution in [1.82, 2.24) is 5.32 Å². The molecule has 0 saturated carbocycles. The molecule has 0 aromatic rings. The number of hydrogen-bond acceptors (Lipinski definition) is 4. The van der Waals surface area contributed by atoms with Crippen molar-refractivity contribution in [3.63, 3.8) is 0 Å². The minimum absolute atomic E-state index is 0.0231. The summed E-state index contributed by atoms with van der Waals surface area (Å²) in [5.41, 5.74) is -0.368. The molecule has 0 aliphatic carbocycles. The van der Waals surface area contributed by atoms with Crippen LogP contribution in [0.25, 0.3) is 0 Å². The predicted molar refractivity (Wildman–Crippen MR) is 63.0 cm³/mol. The number of carbonyl (C=O) groups excluding carboxylic acids is 1. The molecule has 0 fully saturated rings. The van der Waals surface area contributed by atoms with Gasteiger partial charge in [-0.15, -0.1) is 0 Å². The molecule has 0 atom stereocenters. The Bertz CT molecular complexity index is 316. The number of carbonyl (C=O) groups is 1. The van der Waals surface area contributed by atoms with Gasteiger partial charge in [0.2, 0.25) is 5.91 Å². The number of rotatable bonds is 6. The van der Waals surface area contributed by atoms with Crippen molar-refractivity contribution in [3.8, 4) is 0 Å². The van der Waals surface area contributed by atoms with Gasteiger partial charge in [-0.25, -0.2) is 8.42 Å². The van der Waals surface area contributed by atoms with Crippen molar-refractivity contribution in [2.45, 2.75) is 33.3 Å². The lowest BCUT2D eigenvalue weighted by Crippen LogP contribution is -2.35. The third-order valence-corrected chi connectivity index (χ3v) is 3.52. The van der Waals surface area contributed by atoms with E-state index in [1.807, 2.05) is 20.8 Å². The lowest BCUT2D eigenvalue weighted by Gasteiger charge is -2.18. The van der Waals surface area contributed by atoms with Crippen molar-refractivity contribution in [1.29, 1.82) is 0 Å². The first-order valence-electron chi connectivity index (χ1n) is 5.27. The summed E-state index contributed by atoms with van der Waals surface area (Å²) >= 11 is 0. The molecule has 96 valence electrons. The van der Waals surface area contributed by atoms with E-state index < -0.39 is 9.84 Å². The molecule has 0 saturated heterocycles. The van der Waals surface area contributed by atoms with Crippen LogP contribution in [0.5, 0.6) is 0 Å². The number of hydrogen-bond donors (Lipinski definition) is 1. The highest BCUT2D eigenvalue weighted by Gasteiger charge is 2.13. The van der Waals surface area contributed by atoms with Gasteiger partial charge < -0.3 is 10.1 Å². The largest absolute Gasteiger partial charge is 0.366 e. The van der Waals surface area contributed by atoms with Crippen molar-refractivity contribution in [2.75, 3.05) is 24.7 Å². The zero-order valence-corrected chi connectivity index (χ0v) is 11.2. The second-order valence-electron chi connectivity index (χ2n) is 4.49. The van der Waals surface area contributed by atoms with Gasteiger partial charge >= 0.3 is 0 Å². The Kier molecular flexibility index (Phi) is 5.96. The van der Waals surface area contributed by atoms with Crippen LogP contribution < -0.4 is 5.32 Å². The van der Waals surface area contributed by atoms with E-state index in [1.165, 1.54) is 0 Å². The van der Waals surface area contributed by atoms with Gasteiger partial charge in [0.15, 0.2) is 9.84 Å². The molecule has 16 heavy (non-hydrogen) atoms. The fourth-order valence-corrected chi connectivity index (χ4v) is 1.53. The first kappa shape index (κ1) is 15.4.